The van der Waals surface area contributed by atoms with Gasteiger partial charge < -0.3 is 19.7 Å². The van der Waals surface area contributed by atoms with E-state index in [0.29, 0.717) is 24.6 Å². The van der Waals surface area contributed by atoms with Gasteiger partial charge in [0.15, 0.2) is 0 Å². The maximum absolute atomic E-state index is 12.1. The minimum Gasteiger partial charge on any atom is -0.466 e. The maximum Gasteiger partial charge on any atom is 0.413 e. The summed E-state index contributed by atoms with van der Waals surface area (Å²) in [5.41, 5.74) is 4.91. The van der Waals surface area contributed by atoms with Gasteiger partial charge in [-0.25, -0.2) is 14.6 Å². The lowest BCUT2D eigenvalue weighted by Crippen LogP contribution is -2.35. The molecule has 4 aromatic rings. The molecule has 2 N–H and O–H groups in total. The van der Waals surface area contributed by atoms with Crippen LogP contribution < -0.4 is 10.2 Å². The first-order chi connectivity index (χ1) is 17.5. The van der Waals surface area contributed by atoms with Crippen molar-refractivity contribution in [3.63, 3.8) is 0 Å². The standard InChI is InChI=1S/C27H25N5O4/c1-36-25(33)15-24(19-5-3-12-28-16-19)31-14-11-21-22(7-2-8-23(21)31)29-17-20-10-9-18-6-4-13-32(27(34)35)26(18)30-20/h2-3,5,7-12,14-16,29H,4,6,13,17H2,1H3,(H,34,35). The fourth-order valence-electron chi connectivity index (χ4n) is 4.46. The summed E-state index contributed by atoms with van der Waals surface area (Å²) in [6.45, 7) is 0.885. The average Bonchev–Trinajstić information content (AvgIpc) is 3.34. The predicted molar refractivity (Wildman–Crippen MR) is 137 cm³/mol. The van der Waals surface area contributed by atoms with Crippen LogP contribution in [0.3, 0.4) is 0 Å². The SMILES string of the molecule is COC(=O)C=C(c1cccnc1)n1ccc2c(NCc3ccc4c(n3)N(C(=O)O)CCC4)cccc21. The topological polar surface area (TPSA) is 110 Å². The van der Waals surface area contributed by atoms with Crippen LogP contribution in [-0.4, -0.2) is 45.4 Å². The molecule has 36 heavy (non-hydrogen) atoms. The normalized spacial score (nSPS) is 13.4. The number of pyridine rings is 2. The number of methoxy groups -OCH3 is 1. The molecule has 9 nitrogen and oxygen atoms in total. The molecule has 5 rings (SSSR count). The van der Waals surface area contributed by atoms with Gasteiger partial charge >= 0.3 is 12.1 Å². The van der Waals surface area contributed by atoms with E-state index < -0.39 is 12.1 Å². The van der Waals surface area contributed by atoms with E-state index in [2.05, 4.69) is 15.3 Å². The Kier molecular flexibility index (Phi) is 6.36. The van der Waals surface area contributed by atoms with E-state index in [9.17, 15) is 14.7 Å². The maximum atomic E-state index is 12.1. The highest BCUT2D eigenvalue weighted by molar-refractivity contribution is 5.98. The van der Waals surface area contributed by atoms with Crippen LogP contribution in [-0.2, 0) is 22.5 Å². The van der Waals surface area contributed by atoms with E-state index in [1.165, 1.54) is 18.1 Å². The first-order valence-electron chi connectivity index (χ1n) is 11.6. The van der Waals surface area contributed by atoms with Gasteiger partial charge in [-0.1, -0.05) is 12.1 Å². The monoisotopic (exact) mass is 483 g/mol. The zero-order valence-electron chi connectivity index (χ0n) is 19.7. The van der Waals surface area contributed by atoms with Crippen LogP contribution in [0.4, 0.5) is 16.3 Å². The van der Waals surface area contributed by atoms with Crippen LogP contribution in [0.1, 0.15) is 23.2 Å². The molecule has 0 bridgehead atoms. The van der Waals surface area contributed by atoms with Gasteiger partial charge in [0, 0.05) is 47.8 Å². The lowest BCUT2D eigenvalue weighted by Gasteiger charge is -2.26. The van der Waals surface area contributed by atoms with Gasteiger partial charge in [0.25, 0.3) is 0 Å². The molecule has 1 aliphatic heterocycles. The van der Waals surface area contributed by atoms with E-state index in [1.807, 2.05) is 59.3 Å². The van der Waals surface area contributed by atoms with Gasteiger partial charge in [0.05, 0.1) is 30.6 Å². The fourth-order valence-corrected chi connectivity index (χ4v) is 4.46. The Morgan fingerprint density at radius 1 is 1.17 bits per heavy atom. The Morgan fingerprint density at radius 3 is 2.83 bits per heavy atom. The number of aromatic nitrogens is 3. The quantitative estimate of drug-likeness (QED) is 0.306. The molecule has 0 saturated heterocycles. The molecule has 0 aliphatic carbocycles. The largest absolute Gasteiger partial charge is 0.466 e. The van der Waals surface area contributed by atoms with Crippen molar-refractivity contribution >= 4 is 40.2 Å². The van der Waals surface area contributed by atoms with E-state index in [-0.39, 0.29) is 0 Å². The first kappa shape index (κ1) is 23.1. The Balaban J connectivity index is 1.45. The van der Waals surface area contributed by atoms with Gasteiger partial charge in [-0.15, -0.1) is 0 Å². The molecular weight excluding hydrogens is 458 g/mol. The molecule has 4 heterocycles. The number of nitrogens with zero attached hydrogens (tertiary/aromatic N) is 4. The summed E-state index contributed by atoms with van der Waals surface area (Å²) < 4.78 is 6.80. The predicted octanol–water partition coefficient (Wildman–Crippen LogP) is 4.54. The third kappa shape index (κ3) is 4.50. The number of anilines is 2. The Hall–Kier alpha value is -4.66. The van der Waals surface area contributed by atoms with Crippen molar-refractivity contribution in [1.82, 2.24) is 14.5 Å². The summed E-state index contributed by atoms with van der Waals surface area (Å²) in [6, 6.07) is 15.5. The minimum atomic E-state index is -0.982. The molecule has 0 fully saturated rings. The summed E-state index contributed by atoms with van der Waals surface area (Å²) in [5.74, 6) is 0.0605. The zero-order chi connectivity index (χ0) is 25.1. The summed E-state index contributed by atoms with van der Waals surface area (Å²) in [6.07, 6.45) is 7.36. The Bertz CT molecular complexity index is 1460. The molecule has 0 radical (unpaired) electrons. The summed E-state index contributed by atoms with van der Waals surface area (Å²) in [7, 11) is 1.35. The van der Waals surface area contributed by atoms with E-state index in [4.69, 9.17) is 4.74 Å². The van der Waals surface area contributed by atoms with Crippen molar-refractivity contribution in [3.8, 4) is 0 Å². The van der Waals surface area contributed by atoms with Crippen molar-refractivity contribution in [2.45, 2.75) is 19.4 Å². The second-order valence-corrected chi connectivity index (χ2v) is 8.40. The number of nitrogens with one attached hydrogen (secondary N) is 1. The van der Waals surface area contributed by atoms with Gasteiger partial charge in [-0.2, -0.15) is 0 Å². The van der Waals surface area contributed by atoms with Gasteiger partial charge in [0.1, 0.15) is 5.82 Å². The van der Waals surface area contributed by atoms with Crippen LogP contribution in [0.15, 0.2) is 73.2 Å². The number of esters is 1. The number of hydrogen-bond acceptors (Lipinski definition) is 6. The smallest absolute Gasteiger partial charge is 0.413 e. The number of ether oxygens (including phenoxy) is 1. The van der Waals surface area contributed by atoms with Gasteiger partial charge in [-0.3, -0.25) is 9.88 Å². The number of fused-ring (bicyclic) bond motifs is 2. The molecule has 182 valence electrons. The summed E-state index contributed by atoms with van der Waals surface area (Å²) in [5, 5.41) is 13.9. The number of rotatable bonds is 6. The molecule has 3 aromatic heterocycles. The second kappa shape index (κ2) is 9.91. The molecule has 1 aromatic carbocycles. The molecule has 0 saturated carbocycles. The number of carbonyl (C=O) groups is 2. The molecule has 1 aliphatic rings. The number of amides is 1. The molecule has 9 heteroatoms. The Labute approximate surface area is 207 Å². The lowest BCUT2D eigenvalue weighted by molar-refractivity contribution is -0.134. The van der Waals surface area contributed by atoms with Crippen LogP contribution in [0.2, 0.25) is 0 Å². The van der Waals surface area contributed by atoms with Crippen LogP contribution in [0.5, 0.6) is 0 Å². The highest BCUT2D eigenvalue weighted by Crippen LogP contribution is 2.30. The van der Waals surface area contributed by atoms with Crippen molar-refractivity contribution in [1.29, 1.82) is 0 Å². The third-order valence-corrected chi connectivity index (χ3v) is 6.19. The number of benzene rings is 1. The van der Waals surface area contributed by atoms with Crippen molar-refractivity contribution in [3.05, 3.63) is 90.0 Å². The van der Waals surface area contributed by atoms with Crippen molar-refractivity contribution in [2.24, 2.45) is 0 Å². The highest BCUT2D eigenvalue weighted by Gasteiger charge is 2.23. The molecule has 0 spiro atoms. The van der Waals surface area contributed by atoms with Crippen LogP contribution in [0.25, 0.3) is 16.6 Å². The fraction of sp³-hybridized carbons (Fsp3) is 0.185. The highest BCUT2D eigenvalue weighted by atomic mass is 16.5. The summed E-state index contributed by atoms with van der Waals surface area (Å²) in [4.78, 5) is 33.9. The van der Waals surface area contributed by atoms with Crippen molar-refractivity contribution < 1.29 is 19.4 Å². The second-order valence-electron chi connectivity index (χ2n) is 8.40. The summed E-state index contributed by atoms with van der Waals surface area (Å²) >= 11 is 0. The molecule has 0 atom stereocenters. The van der Waals surface area contributed by atoms with E-state index in [1.54, 1.807) is 12.4 Å². The van der Waals surface area contributed by atoms with Gasteiger partial charge in [-0.05, 0) is 54.8 Å². The molecule has 0 unspecified atom stereocenters. The third-order valence-electron chi connectivity index (χ3n) is 6.19. The molecular formula is C27H25N5O4. The number of carbonyl (C=O) groups excluding carboxylic acids is 1. The number of hydrogen-bond donors (Lipinski definition) is 2. The minimum absolute atomic E-state index is 0.429. The molecule has 1 amide bonds. The van der Waals surface area contributed by atoms with Gasteiger partial charge in [0.2, 0.25) is 0 Å². The first-order valence-corrected chi connectivity index (χ1v) is 11.6. The average molecular weight is 484 g/mol. The Morgan fingerprint density at radius 2 is 2.06 bits per heavy atom. The van der Waals surface area contributed by atoms with E-state index in [0.717, 1.165) is 46.3 Å². The lowest BCUT2D eigenvalue weighted by atomic mass is 10.1. The van der Waals surface area contributed by atoms with Crippen LogP contribution >= 0.6 is 0 Å². The van der Waals surface area contributed by atoms with E-state index >= 15 is 0 Å². The number of carboxylic acid groups (broad SMARTS) is 1. The van der Waals surface area contributed by atoms with Crippen LogP contribution in [0, 0.1) is 0 Å². The zero-order valence-corrected chi connectivity index (χ0v) is 19.7. The number of aryl methyl sites for hydroxylation is 1. The van der Waals surface area contributed by atoms with Crippen molar-refractivity contribution in [2.75, 3.05) is 23.9 Å².